The van der Waals surface area contributed by atoms with Gasteiger partial charge in [0.2, 0.25) is 0 Å². The van der Waals surface area contributed by atoms with E-state index >= 15 is 0 Å². The van der Waals surface area contributed by atoms with Gasteiger partial charge < -0.3 is 4.90 Å². The van der Waals surface area contributed by atoms with Gasteiger partial charge in [-0.25, -0.2) is 0 Å². The van der Waals surface area contributed by atoms with E-state index in [1.54, 1.807) is 5.56 Å². The van der Waals surface area contributed by atoms with Crippen LogP contribution in [-0.2, 0) is 5.41 Å². The summed E-state index contributed by atoms with van der Waals surface area (Å²) in [4.78, 5) is 2.38. The first-order chi connectivity index (χ1) is 6.21. The molecule has 0 amide bonds. The molecule has 1 heterocycles. The average molecular weight is 238 g/mol. The van der Waals surface area contributed by atoms with Crippen LogP contribution in [0.2, 0.25) is 0 Å². The Balaban J connectivity index is 2.20. The number of nitrogens with zero attached hydrogens (tertiary/aromatic N) is 1. The molecule has 13 heavy (non-hydrogen) atoms. The van der Waals surface area contributed by atoms with Crippen molar-refractivity contribution in [2.24, 2.45) is 0 Å². The van der Waals surface area contributed by atoms with Crippen LogP contribution in [0.15, 0.2) is 22.7 Å². The fourth-order valence-electron chi connectivity index (χ4n) is 2.47. The van der Waals surface area contributed by atoms with Gasteiger partial charge in [-0.05, 0) is 36.6 Å². The first kappa shape index (κ1) is 7.86. The first-order valence-electron chi connectivity index (χ1n) is 4.72. The van der Waals surface area contributed by atoms with Crippen molar-refractivity contribution in [1.29, 1.82) is 0 Å². The van der Waals surface area contributed by atoms with E-state index in [0.29, 0.717) is 5.41 Å². The van der Waals surface area contributed by atoms with E-state index in [1.807, 2.05) is 0 Å². The van der Waals surface area contributed by atoms with Crippen molar-refractivity contribution in [3.8, 4) is 0 Å². The molecule has 0 bridgehead atoms. The molecule has 3 rings (SSSR count). The van der Waals surface area contributed by atoms with Crippen molar-refractivity contribution in [3.63, 3.8) is 0 Å². The van der Waals surface area contributed by atoms with Crippen molar-refractivity contribution < 1.29 is 0 Å². The average Bonchev–Trinajstić information content (AvgIpc) is 2.79. The number of halogens is 1. The highest BCUT2D eigenvalue weighted by atomic mass is 79.9. The van der Waals surface area contributed by atoms with Gasteiger partial charge in [-0.3, -0.25) is 0 Å². The maximum Gasteiger partial charge on any atom is 0.0403 e. The summed E-state index contributed by atoms with van der Waals surface area (Å²) in [6.45, 7) is 1.22. The Bertz CT molecular complexity index is 368. The quantitative estimate of drug-likeness (QED) is 0.671. The van der Waals surface area contributed by atoms with E-state index in [9.17, 15) is 0 Å². The Labute approximate surface area is 86.9 Å². The van der Waals surface area contributed by atoms with Crippen molar-refractivity contribution in [2.75, 3.05) is 18.5 Å². The second kappa shape index (κ2) is 2.30. The minimum Gasteiger partial charge on any atom is -0.373 e. The van der Waals surface area contributed by atoms with Gasteiger partial charge in [0.1, 0.15) is 0 Å². The molecule has 0 N–H and O–H groups in total. The molecule has 1 aliphatic heterocycles. The van der Waals surface area contributed by atoms with Crippen molar-refractivity contribution >= 4 is 21.6 Å². The lowest BCUT2D eigenvalue weighted by molar-refractivity contribution is 0.731. The van der Waals surface area contributed by atoms with Gasteiger partial charge in [0.05, 0.1) is 0 Å². The van der Waals surface area contributed by atoms with Crippen LogP contribution in [0.4, 0.5) is 5.69 Å². The summed E-state index contributed by atoms with van der Waals surface area (Å²) in [5.74, 6) is 0. The zero-order chi connectivity index (χ0) is 9.05. The van der Waals surface area contributed by atoms with Crippen LogP contribution in [-0.4, -0.2) is 13.6 Å². The van der Waals surface area contributed by atoms with Crippen LogP contribution in [0.3, 0.4) is 0 Å². The molecule has 2 aliphatic rings. The van der Waals surface area contributed by atoms with Crippen LogP contribution in [0, 0.1) is 0 Å². The maximum absolute atomic E-state index is 3.55. The lowest BCUT2D eigenvalue weighted by Gasteiger charge is -2.11. The molecule has 0 unspecified atom stereocenters. The fraction of sp³-hybridized carbons (Fsp3) is 0.455. The SMILES string of the molecule is CN1CC2(CC2)c2cc(Br)ccc21. The molecule has 1 nitrogen and oxygen atoms in total. The van der Waals surface area contributed by atoms with Crippen LogP contribution >= 0.6 is 15.9 Å². The van der Waals surface area contributed by atoms with E-state index in [4.69, 9.17) is 0 Å². The standard InChI is InChI=1S/C11H12BrN/c1-13-7-11(4-5-11)9-6-8(12)2-3-10(9)13/h2-3,6H,4-5,7H2,1H3. The van der Waals surface area contributed by atoms with Crippen molar-refractivity contribution in [3.05, 3.63) is 28.2 Å². The monoisotopic (exact) mass is 237 g/mol. The van der Waals surface area contributed by atoms with E-state index in [2.05, 4.69) is 46.1 Å². The summed E-state index contributed by atoms with van der Waals surface area (Å²) in [5, 5.41) is 0. The van der Waals surface area contributed by atoms with Gasteiger partial charge in [-0.1, -0.05) is 15.9 Å². The molecular weight excluding hydrogens is 226 g/mol. The van der Waals surface area contributed by atoms with Gasteiger partial charge in [0, 0.05) is 29.2 Å². The summed E-state index contributed by atoms with van der Waals surface area (Å²) in [5.41, 5.74) is 3.53. The minimum atomic E-state index is 0.536. The molecule has 1 aliphatic carbocycles. The van der Waals surface area contributed by atoms with Gasteiger partial charge in [0.25, 0.3) is 0 Å². The highest BCUT2D eigenvalue weighted by Gasteiger charge is 2.50. The number of rotatable bonds is 0. The summed E-state index contributed by atoms with van der Waals surface area (Å²) in [7, 11) is 2.19. The van der Waals surface area contributed by atoms with Crippen LogP contribution < -0.4 is 4.90 Å². The molecule has 1 aromatic carbocycles. The molecule has 1 aromatic rings. The lowest BCUT2D eigenvalue weighted by atomic mass is 9.99. The predicted octanol–water partition coefficient (Wildman–Crippen LogP) is 2.93. The molecule has 1 fully saturated rings. The van der Waals surface area contributed by atoms with Crippen LogP contribution in [0.1, 0.15) is 18.4 Å². The normalized spacial score (nSPS) is 22.2. The third-order valence-electron chi connectivity index (χ3n) is 3.33. The minimum absolute atomic E-state index is 0.536. The largest absolute Gasteiger partial charge is 0.373 e. The van der Waals surface area contributed by atoms with Crippen molar-refractivity contribution in [2.45, 2.75) is 18.3 Å². The van der Waals surface area contributed by atoms with E-state index in [-0.39, 0.29) is 0 Å². The molecule has 0 saturated heterocycles. The number of hydrogen-bond donors (Lipinski definition) is 0. The topological polar surface area (TPSA) is 3.24 Å². The Hall–Kier alpha value is -0.500. The Kier molecular flexibility index (Phi) is 1.39. The van der Waals surface area contributed by atoms with Crippen LogP contribution in [0.5, 0.6) is 0 Å². The van der Waals surface area contributed by atoms with Gasteiger partial charge in [0.15, 0.2) is 0 Å². The maximum atomic E-state index is 3.55. The number of likely N-dealkylation sites (N-methyl/N-ethyl adjacent to an activating group) is 1. The number of fused-ring (bicyclic) bond motifs is 2. The van der Waals surface area contributed by atoms with E-state index in [0.717, 1.165) is 0 Å². The zero-order valence-electron chi connectivity index (χ0n) is 7.68. The highest BCUT2D eigenvalue weighted by molar-refractivity contribution is 9.10. The van der Waals surface area contributed by atoms with Crippen molar-refractivity contribution in [1.82, 2.24) is 0 Å². The number of hydrogen-bond acceptors (Lipinski definition) is 1. The molecule has 0 atom stereocenters. The molecule has 1 saturated carbocycles. The molecule has 0 aromatic heterocycles. The third kappa shape index (κ3) is 0.983. The Morgan fingerprint density at radius 2 is 2.15 bits per heavy atom. The second-order valence-corrected chi connectivity index (χ2v) is 5.21. The molecule has 0 radical (unpaired) electrons. The Morgan fingerprint density at radius 3 is 2.85 bits per heavy atom. The lowest BCUT2D eigenvalue weighted by Crippen LogP contribution is -2.18. The molecule has 2 heteroatoms. The fourth-order valence-corrected chi connectivity index (χ4v) is 2.83. The smallest absolute Gasteiger partial charge is 0.0403 e. The van der Waals surface area contributed by atoms with E-state index in [1.165, 1.54) is 29.5 Å². The predicted molar refractivity (Wildman–Crippen MR) is 58.3 cm³/mol. The van der Waals surface area contributed by atoms with Gasteiger partial charge in [-0.15, -0.1) is 0 Å². The number of anilines is 1. The summed E-state index contributed by atoms with van der Waals surface area (Å²) in [6.07, 6.45) is 2.75. The summed E-state index contributed by atoms with van der Waals surface area (Å²) >= 11 is 3.55. The molecule has 1 spiro atoms. The molecular formula is C11H12BrN. The van der Waals surface area contributed by atoms with E-state index < -0.39 is 0 Å². The van der Waals surface area contributed by atoms with Gasteiger partial charge >= 0.3 is 0 Å². The Morgan fingerprint density at radius 1 is 1.38 bits per heavy atom. The first-order valence-corrected chi connectivity index (χ1v) is 5.52. The third-order valence-corrected chi connectivity index (χ3v) is 3.83. The summed E-state index contributed by atoms with van der Waals surface area (Å²) in [6, 6.07) is 6.66. The number of benzene rings is 1. The summed E-state index contributed by atoms with van der Waals surface area (Å²) < 4.78 is 1.22. The zero-order valence-corrected chi connectivity index (χ0v) is 9.26. The van der Waals surface area contributed by atoms with Gasteiger partial charge in [-0.2, -0.15) is 0 Å². The highest BCUT2D eigenvalue weighted by Crippen LogP contribution is 2.56. The second-order valence-electron chi connectivity index (χ2n) is 4.30. The van der Waals surface area contributed by atoms with Crippen LogP contribution in [0.25, 0.3) is 0 Å². The molecule has 68 valence electrons.